The predicted octanol–water partition coefficient (Wildman–Crippen LogP) is 7.48. The van der Waals surface area contributed by atoms with Crippen LogP contribution in [0.3, 0.4) is 0 Å². The molecular formula is C39H35F2N. The van der Waals surface area contributed by atoms with Gasteiger partial charge in [0.15, 0.2) is 0 Å². The summed E-state index contributed by atoms with van der Waals surface area (Å²) in [7, 11) is 0. The van der Waals surface area contributed by atoms with E-state index >= 15 is 0 Å². The minimum Gasteiger partial charge on any atom is -0.207 e. The second-order valence-corrected chi connectivity index (χ2v) is 9.44. The molecule has 0 atom stereocenters. The fraction of sp³-hybridized carbons (Fsp3) is 0.205. The Morgan fingerprint density at radius 1 is 0.714 bits per heavy atom. The fourth-order valence-electron chi connectivity index (χ4n) is 5.60. The molecule has 0 bridgehead atoms. The number of allylic oxidation sites excluding steroid dienone is 3. The summed E-state index contributed by atoms with van der Waals surface area (Å²) in [6.45, 7) is 12.1. The van der Waals surface area contributed by atoms with Gasteiger partial charge in [0.1, 0.15) is 11.6 Å². The van der Waals surface area contributed by atoms with E-state index in [0.29, 0.717) is 12.0 Å². The number of hydrogen-bond donors (Lipinski definition) is 0. The lowest BCUT2D eigenvalue weighted by molar-refractivity contribution is 0.627. The normalized spacial score (nSPS) is 13.7. The molecule has 0 saturated heterocycles. The molecular weight excluding hydrogens is 520 g/mol. The maximum atomic E-state index is 14.1. The summed E-state index contributed by atoms with van der Waals surface area (Å²) in [5, 5.41) is 16.3. The van der Waals surface area contributed by atoms with Gasteiger partial charge in [-0.1, -0.05) is 102 Å². The van der Waals surface area contributed by atoms with E-state index in [2.05, 4.69) is 42.7 Å². The lowest BCUT2D eigenvalue weighted by Crippen LogP contribution is -2.49. The zero-order valence-corrected chi connectivity index (χ0v) is 25.1. The molecule has 0 aliphatic heterocycles. The zero-order chi connectivity index (χ0) is 30.4. The van der Waals surface area contributed by atoms with Gasteiger partial charge in [-0.15, -0.1) is 0 Å². The molecule has 0 amide bonds. The number of nitrogens with zero attached hydrogens (tertiary/aromatic N) is 1. The first-order valence-corrected chi connectivity index (χ1v) is 14.8. The van der Waals surface area contributed by atoms with Gasteiger partial charge < -0.3 is 0 Å². The van der Waals surface area contributed by atoms with Crippen LogP contribution in [0.5, 0.6) is 0 Å². The molecule has 2 aliphatic carbocycles. The lowest BCUT2D eigenvalue weighted by Gasteiger charge is -2.15. The molecule has 210 valence electrons. The van der Waals surface area contributed by atoms with Crippen molar-refractivity contribution in [3.63, 3.8) is 0 Å². The van der Waals surface area contributed by atoms with Gasteiger partial charge in [-0.05, 0) is 86.7 Å². The second kappa shape index (κ2) is 13.3. The molecule has 0 radical (unpaired) electrons. The molecule has 0 aromatic heterocycles. The van der Waals surface area contributed by atoms with Crippen LogP contribution < -0.4 is 20.9 Å². The van der Waals surface area contributed by atoms with Gasteiger partial charge in [-0.2, -0.15) is 5.26 Å². The zero-order valence-electron chi connectivity index (χ0n) is 25.1. The summed E-state index contributed by atoms with van der Waals surface area (Å²) in [5.41, 5.74) is 12.6. The molecule has 0 saturated carbocycles. The smallest absolute Gasteiger partial charge is 0.123 e. The molecule has 2 aliphatic rings. The first kappa shape index (κ1) is 30.2. The van der Waals surface area contributed by atoms with Crippen LogP contribution in [0.4, 0.5) is 8.78 Å². The summed E-state index contributed by atoms with van der Waals surface area (Å²) in [6.07, 6.45) is 3.48. The largest absolute Gasteiger partial charge is 0.207 e. The molecule has 4 aromatic rings. The van der Waals surface area contributed by atoms with Gasteiger partial charge in [0.05, 0.1) is 6.07 Å². The van der Waals surface area contributed by atoms with Crippen molar-refractivity contribution in [3.8, 4) is 6.07 Å². The van der Waals surface area contributed by atoms with Gasteiger partial charge in [-0.3, -0.25) is 0 Å². The summed E-state index contributed by atoms with van der Waals surface area (Å²) in [4.78, 5) is 0. The molecule has 0 N–H and O–H groups in total. The Hall–Kier alpha value is -4.73. The Balaban J connectivity index is 0.000000972. The van der Waals surface area contributed by atoms with Crippen molar-refractivity contribution in [1.29, 1.82) is 5.26 Å². The lowest BCUT2D eigenvalue weighted by atomic mass is 9.87. The number of hydrogen-bond acceptors (Lipinski definition) is 1. The average molecular weight is 556 g/mol. The van der Waals surface area contributed by atoms with E-state index in [0.717, 1.165) is 71.5 Å². The van der Waals surface area contributed by atoms with Crippen molar-refractivity contribution in [2.24, 2.45) is 0 Å². The van der Waals surface area contributed by atoms with Gasteiger partial charge in [-0.25, -0.2) is 8.78 Å². The second-order valence-electron chi connectivity index (χ2n) is 9.44. The van der Waals surface area contributed by atoms with E-state index in [4.69, 9.17) is 0 Å². The topological polar surface area (TPSA) is 23.8 Å². The van der Waals surface area contributed by atoms with Gasteiger partial charge in [0.2, 0.25) is 0 Å². The molecule has 42 heavy (non-hydrogen) atoms. The predicted molar refractivity (Wildman–Crippen MR) is 171 cm³/mol. The van der Waals surface area contributed by atoms with E-state index in [1.807, 2.05) is 46.8 Å². The van der Waals surface area contributed by atoms with Crippen molar-refractivity contribution in [1.82, 2.24) is 0 Å². The number of fused-ring (bicyclic) bond motifs is 6. The van der Waals surface area contributed by atoms with Crippen LogP contribution in [0.25, 0.3) is 33.7 Å². The van der Waals surface area contributed by atoms with Crippen molar-refractivity contribution in [2.75, 3.05) is 0 Å². The Morgan fingerprint density at radius 3 is 1.74 bits per heavy atom. The van der Waals surface area contributed by atoms with Gasteiger partial charge in [0, 0.05) is 27.2 Å². The molecule has 0 unspecified atom stereocenters. The van der Waals surface area contributed by atoms with Crippen LogP contribution in [0.15, 0.2) is 95.2 Å². The molecule has 0 spiro atoms. The number of halogens is 2. The standard InChI is InChI=1S/C35H23F2N.2C2H6/c1-3-21-9-18-28-27-7-5-6-8-29(27)34-32(23-10-14-25(36)15-11-23)31(22(4-2)20-38)33(35(34)30(28)19-21)24-12-16-26(37)17-13-24;2*1-2/h5-8,10-17,19H,3-4H2,1-2H3;2*1-2H3/b31-22+;;. The van der Waals surface area contributed by atoms with Crippen molar-refractivity contribution >= 4 is 33.7 Å². The van der Waals surface area contributed by atoms with Crippen molar-refractivity contribution in [2.45, 2.75) is 54.4 Å². The first-order chi connectivity index (χ1) is 20.5. The van der Waals surface area contributed by atoms with E-state index < -0.39 is 0 Å². The SMILES string of the molecule is CC.CC.CCC1=C=C=c2c(c3c(c4ccccc24)=C(c2ccc(F)cc2)/C(=C(\C#N)CC)C=3c2ccc(F)cc2)=C1. The summed E-state index contributed by atoms with van der Waals surface area (Å²) >= 11 is 0. The molecule has 1 nitrogen and oxygen atoms in total. The van der Waals surface area contributed by atoms with Crippen LogP contribution in [-0.4, -0.2) is 0 Å². The maximum absolute atomic E-state index is 14.1. The summed E-state index contributed by atoms with van der Waals surface area (Å²) in [6, 6.07) is 23.5. The molecule has 6 rings (SSSR count). The first-order valence-electron chi connectivity index (χ1n) is 14.8. The molecule has 3 heteroatoms. The van der Waals surface area contributed by atoms with Crippen molar-refractivity contribution < 1.29 is 8.78 Å². The highest BCUT2D eigenvalue weighted by Gasteiger charge is 2.28. The fourth-order valence-corrected chi connectivity index (χ4v) is 5.60. The molecule has 0 fully saturated rings. The van der Waals surface area contributed by atoms with Crippen molar-refractivity contribution in [3.05, 3.63) is 139 Å². The van der Waals surface area contributed by atoms with E-state index in [1.165, 1.54) is 24.3 Å². The number of rotatable bonds is 4. The van der Waals surface area contributed by atoms with Gasteiger partial charge in [0.25, 0.3) is 0 Å². The highest BCUT2D eigenvalue weighted by Crippen LogP contribution is 2.37. The quantitative estimate of drug-likeness (QED) is 0.189. The third kappa shape index (κ3) is 5.20. The Kier molecular flexibility index (Phi) is 9.57. The summed E-state index contributed by atoms with van der Waals surface area (Å²) < 4.78 is 28.1. The highest BCUT2D eigenvalue weighted by molar-refractivity contribution is 6.06. The molecule has 4 aromatic carbocycles. The highest BCUT2D eigenvalue weighted by atomic mass is 19.1. The third-order valence-electron chi connectivity index (χ3n) is 7.36. The Morgan fingerprint density at radius 2 is 1.24 bits per heavy atom. The number of nitriles is 1. The monoisotopic (exact) mass is 555 g/mol. The van der Waals surface area contributed by atoms with Crippen LogP contribution >= 0.6 is 0 Å². The van der Waals surface area contributed by atoms with Crippen LogP contribution in [0.1, 0.15) is 65.5 Å². The van der Waals surface area contributed by atoms with Gasteiger partial charge >= 0.3 is 0 Å². The summed E-state index contributed by atoms with van der Waals surface area (Å²) in [5.74, 6) is -0.644. The van der Waals surface area contributed by atoms with Crippen LogP contribution in [0.2, 0.25) is 0 Å². The van der Waals surface area contributed by atoms with E-state index in [1.54, 1.807) is 24.3 Å². The average Bonchev–Trinajstić information content (AvgIpc) is 3.40. The third-order valence-corrected chi connectivity index (χ3v) is 7.36. The number of benzene rings is 4. The molecule has 0 heterocycles. The van der Waals surface area contributed by atoms with E-state index in [9.17, 15) is 14.0 Å². The van der Waals surface area contributed by atoms with Crippen LogP contribution in [0, 0.1) is 23.0 Å². The maximum Gasteiger partial charge on any atom is 0.123 e. The Labute approximate surface area is 246 Å². The van der Waals surface area contributed by atoms with Crippen LogP contribution in [-0.2, 0) is 0 Å². The van der Waals surface area contributed by atoms with E-state index in [-0.39, 0.29) is 11.6 Å². The minimum absolute atomic E-state index is 0.321. The Bertz CT molecular complexity index is 2060. The minimum atomic E-state index is -0.323.